The average Bonchev–Trinajstić information content (AvgIpc) is 2.72. The highest BCUT2D eigenvalue weighted by Gasteiger charge is 2.12. The van der Waals surface area contributed by atoms with Crippen LogP contribution in [0.5, 0.6) is 0 Å². The Kier molecular flexibility index (Phi) is 3.27. The normalized spacial score (nSPS) is 13.2. The van der Waals surface area contributed by atoms with Crippen molar-refractivity contribution in [1.82, 2.24) is 4.98 Å². The van der Waals surface area contributed by atoms with Crippen LogP contribution < -0.4 is 5.73 Å². The lowest BCUT2D eigenvalue weighted by molar-refractivity contribution is 0.181. The van der Waals surface area contributed by atoms with E-state index >= 15 is 0 Å². The van der Waals surface area contributed by atoms with Crippen LogP contribution in [0.2, 0.25) is 0 Å². The summed E-state index contributed by atoms with van der Waals surface area (Å²) in [6, 6.07) is 6.27. The smallest absolute Gasteiger partial charge is 0.0656 e. The van der Waals surface area contributed by atoms with Crippen molar-refractivity contribution in [2.75, 3.05) is 13.7 Å². The van der Waals surface area contributed by atoms with Gasteiger partial charge in [0.05, 0.1) is 12.6 Å². The maximum atomic E-state index is 6.06. The number of ether oxygens (including phenoxy) is 1. The van der Waals surface area contributed by atoms with Crippen LogP contribution in [0.4, 0.5) is 0 Å². The number of nitrogens with two attached hydrogens (primary N) is 1. The van der Waals surface area contributed by atoms with E-state index < -0.39 is 0 Å². The van der Waals surface area contributed by atoms with Crippen molar-refractivity contribution in [2.24, 2.45) is 5.73 Å². The molecule has 1 atom stereocenters. The fourth-order valence-corrected chi connectivity index (χ4v) is 2.11. The van der Waals surface area contributed by atoms with Crippen LogP contribution in [0.25, 0.3) is 10.9 Å². The van der Waals surface area contributed by atoms with E-state index in [1.165, 1.54) is 16.5 Å². The first-order chi connectivity index (χ1) is 7.77. The zero-order valence-electron chi connectivity index (χ0n) is 9.79. The largest absolute Gasteiger partial charge is 0.383 e. The lowest BCUT2D eigenvalue weighted by Gasteiger charge is -2.09. The minimum Gasteiger partial charge on any atom is -0.383 e. The topological polar surface area (TPSA) is 51.0 Å². The number of fused-ring (bicyclic) bond motifs is 1. The summed E-state index contributed by atoms with van der Waals surface area (Å²) < 4.78 is 5.09. The average molecular weight is 218 g/mol. The highest BCUT2D eigenvalue weighted by Crippen LogP contribution is 2.25. The van der Waals surface area contributed by atoms with E-state index in [0.29, 0.717) is 6.61 Å². The molecule has 0 radical (unpaired) electrons. The van der Waals surface area contributed by atoms with Gasteiger partial charge in [-0.05, 0) is 17.5 Å². The highest BCUT2D eigenvalue weighted by molar-refractivity contribution is 5.86. The second kappa shape index (κ2) is 4.68. The number of aromatic nitrogens is 1. The Morgan fingerprint density at radius 3 is 2.94 bits per heavy atom. The summed E-state index contributed by atoms with van der Waals surface area (Å²) in [5, 5.41) is 1.21. The van der Waals surface area contributed by atoms with E-state index in [1.807, 2.05) is 6.20 Å². The number of nitrogens with one attached hydrogen (secondary N) is 1. The van der Waals surface area contributed by atoms with E-state index in [1.54, 1.807) is 7.11 Å². The summed E-state index contributed by atoms with van der Waals surface area (Å²) in [7, 11) is 1.67. The fourth-order valence-electron chi connectivity index (χ4n) is 2.11. The molecule has 0 fully saturated rings. The Labute approximate surface area is 95.6 Å². The summed E-state index contributed by atoms with van der Waals surface area (Å²) in [5.74, 6) is 0. The van der Waals surface area contributed by atoms with E-state index in [-0.39, 0.29) is 6.04 Å². The zero-order valence-corrected chi connectivity index (χ0v) is 9.79. The van der Waals surface area contributed by atoms with Crippen molar-refractivity contribution in [3.63, 3.8) is 0 Å². The minimum atomic E-state index is -0.0640. The Hall–Kier alpha value is -1.32. The Morgan fingerprint density at radius 1 is 1.44 bits per heavy atom. The van der Waals surface area contributed by atoms with Crippen molar-refractivity contribution >= 4 is 10.9 Å². The van der Waals surface area contributed by atoms with E-state index in [9.17, 15) is 0 Å². The molecule has 0 bridgehead atoms. The minimum absolute atomic E-state index is 0.0640. The number of aromatic amines is 1. The Morgan fingerprint density at radius 2 is 2.25 bits per heavy atom. The van der Waals surface area contributed by atoms with Gasteiger partial charge in [-0.25, -0.2) is 0 Å². The number of methoxy groups -OCH3 is 1. The number of benzene rings is 1. The standard InChI is InChI=1S/C13H18N2O/c1-3-9-5-4-6-10-11(7-15-13(9)10)12(14)8-16-2/h4-7,12,15H,3,8,14H2,1-2H3. The molecule has 1 heterocycles. The third-order valence-electron chi connectivity index (χ3n) is 2.96. The van der Waals surface area contributed by atoms with Crippen molar-refractivity contribution < 1.29 is 4.74 Å². The number of hydrogen-bond donors (Lipinski definition) is 2. The molecular formula is C13H18N2O. The molecule has 3 N–H and O–H groups in total. The van der Waals surface area contributed by atoms with Crippen molar-refractivity contribution in [3.05, 3.63) is 35.5 Å². The summed E-state index contributed by atoms with van der Waals surface area (Å²) in [4.78, 5) is 3.31. The quantitative estimate of drug-likeness (QED) is 0.827. The maximum absolute atomic E-state index is 6.06. The van der Waals surface area contributed by atoms with Gasteiger partial charge in [0.25, 0.3) is 0 Å². The molecule has 0 saturated carbocycles. The molecule has 1 aromatic carbocycles. The number of rotatable bonds is 4. The summed E-state index contributed by atoms with van der Waals surface area (Å²) >= 11 is 0. The second-order valence-electron chi connectivity index (χ2n) is 4.00. The molecule has 1 aromatic heterocycles. The SMILES string of the molecule is CCc1cccc2c(C(N)COC)c[nH]c12. The predicted molar refractivity (Wildman–Crippen MR) is 66.5 cm³/mol. The van der Waals surface area contributed by atoms with Gasteiger partial charge in [0.15, 0.2) is 0 Å². The zero-order chi connectivity index (χ0) is 11.5. The van der Waals surface area contributed by atoms with Crippen LogP contribution in [-0.2, 0) is 11.2 Å². The fraction of sp³-hybridized carbons (Fsp3) is 0.385. The van der Waals surface area contributed by atoms with Crippen LogP contribution in [0.15, 0.2) is 24.4 Å². The maximum Gasteiger partial charge on any atom is 0.0656 e. The summed E-state index contributed by atoms with van der Waals surface area (Å²) in [6.45, 7) is 2.70. The first kappa shape index (κ1) is 11.2. The first-order valence-electron chi connectivity index (χ1n) is 5.61. The van der Waals surface area contributed by atoms with Crippen molar-refractivity contribution in [3.8, 4) is 0 Å². The Bertz CT molecular complexity index is 476. The predicted octanol–water partition coefficient (Wildman–Crippen LogP) is 2.38. The van der Waals surface area contributed by atoms with Gasteiger partial charge in [-0.1, -0.05) is 25.1 Å². The van der Waals surface area contributed by atoms with Gasteiger partial charge in [0, 0.05) is 24.2 Å². The van der Waals surface area contributed by atoms with E-state index in [0.717, 1.165) is 12.0 Å². The molecule has 0 spiro atoms. The highest BCUT2D eigenvalue weighted by atomic mass is 16.5. The third kappa shape index (κ3) is 1.84. The number of para-hydroxylation sites is 1. The molecule has 86 valence electrons. The Balaban J connectivity index is 2.48. The second-order valence-corrected chi connectivity index (χ2v) is 4.00. The summed E-state index contributed by atoms with van der Waals surface area (Å²) in [5.41, 5.74) is 9.72. The summed E-state index contributed by atoms with van der Waals surface area (Å²) in [6.07, 6.45) is 3.02. The van der Waals surface area contributed by atoms with Gasteiger partial charge in [-0.2, -0.15) is 0 Å². The molecule has 0 aliphatic rings. The molecule has 16 heavy (non-hydrogen) atoms. The monoisotopic (exact) mass is 218 g/mol. The number of aryl methyl sites for hydroxylation is 1. The molecule has 0 saturated heterocycles. The lowest BCUT2D eigenvalue weighted by atomic mass is 10.0. The van der Waals surface area contributed by atoms with Crippen LogP contribution in [0, 0.1) is 0 Å². The molecule has 2 aromatic rings. The van der Waals surface area contributed by atoms with Gasteiger partial charge >= 0.3 is 0 Å². The van der Waals surface area contributed by atoms with Gasteiger partial charge in [0.1, 0.15) is 0 Å². The van der Waals surface area contributed by atoms with Gasteiger partial charge < -0.3 is 15.5 Å². The molecule has 3 nitrogen and oxygen atoms in total. The van der Waals surface area contributed by atoms with Gasteiger partial charge in [0.2, 0.25) is 0 Å². The molecule has 0 aliphatic carbocycles. The third-order valence-corrected chi connectivity index (χ3v) is 2.96. The van der Waals surface area contributed by atoms with Crippen molar-refractivity contribution in [1.29, 1.82) is 0 Å². The van der Waals surface area contributed by atoms with Gasteiger partial charge in [-0.15, -0.1) is 0 Å². The van der Waals surface area contributed by atoms with Crippen LogP contribution in [-0.4, -0.2) is 18.7 Å². The van der Waals surface area contributed by atoms with Crippen molar-refractivity contribution in [2.45, 2.75) is 19.4 Å². The van der Waals surface area contributed by atoms with Crippen LogP contribution >= 0.6 is 0 Å². The first-order valence-corrected chi connectivity index (χ1v) is 5.61. The molecule has 1 unspecified atom stereocenters. The molecular weight excluding hydrogens is 200 g/mol. The van der Waals surface area contributed by atoms with Crippen LogP contribution in [0.3, 0.4) is 0 Å². The molecule has 2 rings (SSSR count). The van der Waals surface area contributed by atoms with Crippen LogP contribution in [0.1, 0.15) is 24.1 Å². The number of hydrogen-bond acceptors (Lipinski definition) is 2. The van der Waals surface area contributed by atoms with E-state index in [2.05, 4.69) is 30.1 Å². The molecule has 3 heteroatoms. The van der Waals surface area contributed by atoms with Gasteiger partial charge in [-0.3, -0.25) is 0 Å². The lowest BCUT2D eigenvalue weighted by Crippen LogP contribution is -2.15. The van der Waals surface area contributed by atoms with E-state index in [4.69, 9.17) is 10.5 Å². The molecule has 0 amide bonds. The number of H-pyrrole nitrogens is 1. The molecule has 0 aliphatic heterocycles.